The van der Waals surface area contributed by atoms with Crippen molar-refractivity contribution in [2.24, 2.45) is 5.73 Å². The number of carbonyl (C=O) groups is 1. The first-order valence-corrected chi connectivity index (χ1v) is 8.34. The number of hydrogen-bond acceptors (Lipinski definition) is 5. The molecule has 0 saturated heterocycles. The van der Waals surface area contributed by atoms with E-state index in [4.69, 9.17) is 10.5 Å². The van der Waals surface area contributed by atoms with E-state index in [2.05, 4.69) is 0 Å². The standard InChI is InChI=1S/C20H26N2O3.ClH/c1-16(20(24,15-21)19(23)25-2)22(13-17-9-5-3-6-10-17)14-18-11-7-4-8-12-18;/h3-12,16,24H,13-15,21H2,1-2H3;1H. The van der Waals surface area contributed by atoms with E-state index in [0.29, 0.717) is 13.1 Å². The van der Waals surface area contributed by atoms with Crippen LogP contribution in [0.25, 0.3) is 0 Å². The van der Waals surface area contributed by atoms with E-state index in [1.807, 2.05) is 65.6 Å². The average molecular weight is 379 g/mol. The van der Waals surface area contributed by atoms with Crippen molar-refractivity contribution < 1.29 is 14.6 Å². The van der Waals surface area contributed by atoms with Crippen LogP contribution in [0.3, 0.4) is 0 Å². The quantitative estimate of drug-likeness (QED) is 0.690. The Morgan fingerprint density at radius 1 is 1.08 bits per heavy atom. The Morgan fingerprint density at radius 3 is 1.85 bits per heavy atom. The van der Waals surface area contributed by atoms with Gasteiger partial charge in [-0.05, 0) is 18.1 Å². The molecule has 2 aromatic carbocycles. The smallest absolute Gasteiger partial charge is 0.340 e. The molecule has 0 aliphatic carbocycles. The number of methoxy groups -OCH3 is 1. The molecular formula is C20H27ClN2O3. The zero-order valence-electron chi connectivity index (χ0n) is 15.2. The van der Waals surface area contributed by atoms with Crippen molar-refractivity contribution in [3.8, 4) is 0 Å². The summed E-state index contributed by atoms with van der Waals surface area (Å²) in [7, 11) is 1.26. The second-order valence-electron chi connectivity index (χ2n) is 6.17. The van der Waals surface area contributed by atoms with Crippen molar-refractivity contribution in [1.29, 1.82) is 0 Å². The summed E-state index contributed by atoms with van der Waals surface area (Å²) in [5.41, 5.74) is 6.15. The lowest BCUT2D eigenvalue weighted by atomic mass is 9.93. The summed E-state index contributed by atoms with van der Waals surface area (Å²) in [6.45, 7) is 2.75. The molecule has 0 fully saturated rings. The molecule has 0 amide bonds. The van der Waals surface area contributed by atoms with E-state index < -0.39 is 17.6 Å². The van der Waals surface area contributed by atoms with E-state index in [0.717, 1.165) is 11.1 Å². The Labute approximate surface area is 161 Å². The lowest BCUT2D eigenvalue weighted by Gasteiger charge is -2.38. The molecule has 5 nitrogen and oxygen atoms in total. The number of esters is 1. The number of rotatable bonds is 8. The first-order chi connectivity index (χ1) is 12.0. The van der Waals surface area contributed by atoms with E-state index in [1.54, 1.807) is 6.92 Å². The van der Waals surface area contributed by atoms with Gasteiger partial charge in [-0.15, -0.1) is 12.4 Å². The highest BCUT2D eigenvalue weighted by molar-refractivity contribution is 5.85. The minimum atomic E-state index is -1.77. The second-order valence-corrected chi connectivity index (χ2v) is 6.17. The topological polar surface area (TPSA) is 75.8 Å². The number of nitrogens with zero attached hydrogens (tertiary/aromatic N) is 1. The average Bonchev–Trinajstić information content (AvgIpc) is 2.67. The van der Waals surface area contributed by atoms with Gasteiger partial charge >= 0.3 is 5.97 Å². The Balaban J connectivity index is 0.00000338. The summed E-state index contributed by atoms with van der Waals surface area (Å²) < 4.78 is 4.78. The third kappa shape index (κ3) is 5.29. The third-order valence-corrected chi connectivity index (χ3v) is 4.55. The molecule has 0 saturated carbocycles. The van der Waals surface area contributed by atoms with Crippen molar-refractivity contribution in [2.45, 2.75) is 31.7 Å². The monoisotopic (exact) mass is 378 g/mol. The number of ether oxygens (including phenoxy) is 1. The maximum absolute atomic E-state index is 12.1. The van der Waals surface area contributed by atoms with Crippen LogP contribution in [0, 0.1) is 0 Å². The number of hydrogen-bond donors (Lipinski definition) is 2. The first kappa shape index (κ1) is 22.1. The highest BCUT2D eigenvalue weighted by Gasteiger charge is 2.44. The van der Waals surface area contributed by atoms with Crippen molar-refractivity contribution >= 4 is 18.4 Å². The van der Waals surface area contributed by atoms with Crippen LogP contribution in [0.5, 0.6) is 0 Å². The molecule has 0 heterocycles. The lowest BCUT2D eigenvalue weighted by molar-refractivity contribution is -0.169. The van der Waals surface area contributed by atoms with Gasteiger partial charge < -0.3 is 15.6 Å². The second kappa shape index (κ2) is 10.3. The Morgan fingerprint density at radius 2 is 1.50 bits per heavy atom. The molecule has 0 aliphatic rings. The van der Waals surface area contributed by atoms with Gasteiger partial charge in [0.25, 0.3) is 0 Å². The number of aliphatic hydroxyl groups is 1. The fourth-order valence-corrected chi connectivity index (χ4v) is 2.87. The van der Waals surface area contributed by atoms with E-state index in [9.17, 15) is 9.90 Å². The summed E-state index contributed by atoms with van der Waals surface area (Å²) in [6, 6.07) is 19.3. The normalized spacial score (nSPS) is 14.2. The molecule has 3 N–H and O–H groups in total. The van der Waals surface area contributed by atoms with Crippen LogP contribution in [0.4, 0.5) is 0 Å². The van der Waals surface area contributed by atoms with Crippen molar-refractivity contribution in [3.63, 3.8) is 0 Å². The van der Waals surface area contributed by atoms with Gasteiger partial charge in [-0.25, -0.2) is 4.79 Å². The predicted molar refractivity (Wildman–Crippen MR) is 105 cm³/mol. The molecule has 0 spiro atoms. The molecule has 0 radical (unpaired) electrons. The summed E-state index contributed by atoms with van der Waals surface area (Å²) >= 11 is 0. The summed E-state index contributed by atoms with van der Waals surface area (Å²) in [6.07, 6.45) is 0. The van der Waals surface area contributed by atoms with Crippen molar-refractivity contribution in [1.82, 2.24) is 4.90 Å². The largest absolute Gasteiger partial charge is 0.467 e. The third-order valence-electron chi connectivity index (χ3n) is 4.55. The van der Waals surface area contributed by atoms with Gasteiger partial charge in [-0.1, -0.05) is 60.7 Å². The highest BCUT2D eigenvalue weighted by atomic mass is 35.5. The minimum absolute atomic E-state index is 0. The van der Waals surface area contributed by atoms with Gasteiger partial charge in [0, 0.05) is 25.7 Å². The van der Waals surface area contributed by atoms with Crippen molar-refractivity contribution in [3.05, 3.63) is 71.8 Å². The summed E-state index contributed by atoms with van der Waals surface area (Å²) in [4.78, 5) is 14.2. The molecule has 0 bridgehead atoms. The van der Waals surface area contributed by atoms with Gasteiger partial charge in [0.1, 0.15) is 0 Å². The van der Waals surface area contributed by atoms with Crippen LogP contribution in [0.1, 0.15) is 18.1 Å². The van der Waals surface area contributed by atoms with Gasteiger partial charge in [0.2, 0.25) is 0 Å². The predicted octanol–water partition coefficient (Wildman–Crippen LogP) is 2.36. The molecule has 0 aliphatic heterocycles. The molecule has 142 valence electrons. The van der Waals surface area contributed by atoms with Gasteiger partial charge in [-0.3, -0.25) is 4.90 Å². The van der Waals surface area contributed by atoms with E-state index in [-0.39, 0.29) is 19.0 Å². The Kier molecular flexibility index (Phi) is 8.75. The Bertz CT molecular complexity index is 628. The van der Waals surface area contributed by atoms with Crippen LogP contribution in [0.2, 0.25) is 0 Å². The maximum Gasteiger partial charge on any atom is 0.340 e. The first-order valence-electron chi connectivity index (χ1n) is 8.34. The molecule has 2 aromatic rings. The zero-order valence-corrected chi connectivity index (χ0v) is 16.0. The number of benzene rings is 2. The van der Waals surface area contributed by atoms with Crippen LogP contribution >= 0.6 is 12.4 Å². The van der Waals surface area contributed by atoms with Gasteiger partial charge in [-0.2, -0.15) is 0 Å². The van der Waals surface area contributed by atoms with Crippen LogP contribution in [0.15, 0.2) is 60.7 Å². The summed E-state index contributed by atoms with van der Waals surface area (Å²) in [5, 5.41) is 10.8. The minimum Gasteiger partial charge on any atom is -0.467 e. The van der Waals surface area contributed by atoms with Gasteiger partial charge in [0.15, 0.2) is 5.60 Å². The fraction of sp³-hybridized carbons (Fsp3) is 0.350. The molecular weight excluding hydrogens is 352 g/mol. The molecule has 6 heteroatoms. The van der Waals surface area contributed by atoms with Crippen LogP contribution < -0.4 is 5.73 Å². The summed E-state index contributed by atoms with van der Waals surface area (Å²) in [5.74, 6) is -0.714. The maximum atomic E-state index is 12.1. The van der Waals surface area contributed by atoms with Gasteiger partial charge in [0.05, 0.1) is 7.11 Å². The number of carbonyl (C=O) groups excluding carboxylic acids is 1. The highest BCUT2D eigenvalue weighted by Crippen LogP contribution is 2.22. The molecule has 2 atom stereocenters. The molecule has 26 heavy (non-hydrogen) atoms. The molecule has 2 rings (SSSR count). The number of halogens is 1. The fourth-order valence-electron chi connectivity index (χ4n) is 2.87. The molecule has 0 aromatic heterocycles. The van der Waals surface area contributed by atoms with Crippen LogP contribution in [-0.4, -0.2) is 41.3 Å². The molecule has 2 unspecified atom stereocenters. The lowest BCUT2D eigenvalue weighted by Crippen LogP contribution is -2.60. The number of nitrogens with two attached hydrogens (primary N) is 1. The van der Waals surface area contributed by atoms with Crippen molar-refractivity contribution in [2.75, 3.05) is 13.7 Å². The van der Waals surface area contributed by atoms with Crippen LogP contribution in [-0.2, 0) is 22.6 Å². The SMILES string of the molecule is COC(=O)C(O)(CN)C(C)N(Cc1ccccc1)Cc1ccccc1.Cl. The Hall–Kier alpha value is -1.92. The van der Waals surface area contributed by atoms with E-state index in [1.165, 1.54) is 7.11 Å². The van der Waals surface area contributed by atoms with E-state index >= 15 is 0 Å². The zero-order chi connectivity index (χ0) is 18.3.